The maximum absolute atomic E-state index is 8.39. The predicted molar refractivity (Wildman–Crippen MR) is 45.0 cm³/mol. The summed E-state index contributed by atoms with van der Waals surface area (Å²) >= 11 is 0. The molecular formula is C8H15NO2. The Hall–Kier alpha value is -0.670. The van der Waals surface area contributed by atoms with Crippen LogP contribution in [0.1, 0.15) is 13.3 Å². The Morgan fingerprint density at radius 3 is 2.82 bits per heavy atom. The van der Waals surface area contributed by atoms with Crippen LogP contribution in [0.25, 0.3) is 0 Å². The lowest BCUT2D eigenvalue weighted by atomic mass is 10.2. The summed E-state index contributed by atoms with van der Waals surface area (Å²) in [5.74, 6) is 0. The van der Waals surface area contributed by atoms with Crippen LogP contribution in [0, 0.1) is 5.41 Å². The van der Waals surface area contributed by atoms with Crippen LogP contribution in [0.15, 0.2) is 12.2 Å². The summed E-state index contributed by atoms with van der Waals surface area (Å²) in [6.07, 6.45) is 5.69. The van der Waals surface area contributed by atoms with Gasteiger partial charge in [-0.05, 0) is 13.3 Å². The van der Waals surface area contributed by atoms with Gasteiger partial charge in [0.05, 0.1) is 19.3 Å². The summed E-state index contributed by atoms with van der Waals surface area (Å²) in [6, 6.07) is 0. The lowest BCUT2D eigenvalue weighted by Gasteiger charge is -2.07. The molecule has 0 unspecified atom stereocenters. The van der Waals surface area contributed by atoms with Crippen LogP contribution in [0.4, 0.5) is 0 Å². The number of aliphatic hydroxyl groups excluding tert-OH is 1. The Bertz CT molecular complexity index is 123. The monoisotopic (exact) mass is 157 g/mol. The lowest BCUT2D eigenvalue weighted by molar-refractivity contribution is 0.100. The van der Waals surface area contributed by atoms with Gasteiger partial charge >= 0.3 is 0 Å². The molecule has 0 saturated heterocycles. The van der Waals surface area contributed by atoms with Crippen molar-refractivity contribution in [3.8, 4) is 0 Å². The Morgan fingerprint density at radius 1 is 1.55 bits per heavy atom. The van der Waals surface area contributed by atoms with E-state index in [4.69, 9.17) is 15.3 Å². The fourth-order valence-electron chi connectivity index (χ4n) is 0.643. The third-order valence-electron chi connectivity index (χ3n) is 1.20. The van der Waals surface area contributed by atoms with Crippen molar-refractivity contribution in [1.29, 1.82) is 5.41 Å². The number of rotatable bonds is 6. The van der Waals surface area contributed by atoms with Gasteiger partial charge in [0.15, 0.2) is 0 Å². The van der Waals surface area contributed by atoms with Crippen molar-refractivity contribution in [3.63, 3.8) is 0 Å². The van der Waals surface area contributed by atoms with Gasteiger partial charge in [-0.3, -0.25) is 0 Å². The Balaban J connectivity index is 3.28. The van der Waals surface area contributed by atoms with Crippen molar-refractivity contribution < 1.29 is 9.84 Å². The molecule has 0 aliphatic carbocycles. The highest BCUT2D eigenvalue weighted by molar-refractivity contribution is 5.54. The summed E-state index contributed by atoms with van der Waals surface area (Å²) in [5.41, 5.74) is 0. The fourth-order valence-corrected chi connectivity index (χ4v) is 0.643. The van der Waals surface area contributed by atoms with E-state index in [2.05, 4.69) is 0 Å². The largest absolute Gasteiger partial charge is 0.392 e. The van der Waals surface area contributed by atoms with E-state index in [-0.39, 0.29) is 12.7 Å². The quantitative estimate of drug-likeness (QED) is 0.446. The molecule has 0 saturated carbocycles. The van der Waals surface area contributed by atoms with E-state index in [1.54, 1.807) is 6.08 Å². The number of hydrogen-bond acceptors (Lipinski definition) is 3. The second kappa shape index (κ2) is 7.44. The molecule has 0 rings (SSSR count). The highest BCUT2D eigenvalue weighted by Gasteiger charge is 1.95. The molecule has 0 bridgehead atoms. The van der Waals surface area contributed by atoms with E-state index in [1.165, 1.54) is 6.21 Å². The van der Waals surface area contributed by atoms with Crippen molar-refractivity contribution in [2.45, 2.75) is 19.4 Å². The third kappa shape index (κ3) is 7.22. The van der Waals surface area contributed by atoms with E-state index in [0.29, 0.717) is 6.61 Å². The van der Waals surface area contributed by atoms with Gasteiger partial charge in [0.1, 0.15) is 0 Å². The van der Waals surface area contributed by atoms with Crippen molar-refractivity contribution in [1.82, 2.24) is 0 Å². The molecule has 0 aromatic rings. The topological polar surface area (TPSA) is 53.3 Å². The van der Waals surface area contributed by atoms with Gasteiger partial charge in [-0.15, -0.1) is 0 Å². The molecule has 0 heterocycles. The van der Waals surface area contributed by atoms with Crippen molar-refractivity contribution >= 4 is 6.21 Å². The second-order valence-corrected chi connectivity index (χ2v) is 2.24. The summed E-state index contributed by atoms with van der Waals surface area (Å²) in [7, 11) is 0. The maximum Gasteiger partial charge on any atom is 0.0815 e. The molecule has 0 aliphatic rings. The summed E-state index contributed by atoms with van der Waals surface area (Å²) < 4.78 is 5.16. The van der Waals surface area contributed by atoms with E-state index >= 15 is 0 Å². The van der Waals surface area contributed by atoms with E-state index in [9.17, 15) is 0 Å². The van der Waals surface area contributed by atoms with Crippen LogP contribution in [-0.2, 0) is 4.74 Å². The van der Waals surface area contributed by atoms with E-state index in [1.807, 2.05) is 13.0 Å². The van der Waals surface area contributed by atoms with Gasteiger partial charge in [0, 0.05) is 6.21 Å². The molecule has 2 N–H and O–H groups in total. The number of aliphatic hydroxyl groups is 1. The third-order valence-corrected chi connectivity index (χ3v) is 1.20. The minimum absolute atomic E-state index is 0.0806. The summed E-state index contributed by atoms with van der Waals surface area (Å²) in [6.45, 7) is 2.39. The second-order valence-electron chi connectivity index (χ2n) is 2.24. The first-order chi connectivity index (χ1) is 5.31. The zero-order valence-electron chi connectivity index (χ0n) is 6.79. The molecule has 0 aromatic carbocycles. The molecule has 11 heavy (non-hydrogen) atoms. The predicted octanol–water partition coefficient (Wildman–Crippen LogP) is 0.980. The van der Waals surface area contributed by atoms with Gasteiger partial charge in [-0.25, -0.2) is 0 Å². The average molecular weight is 157 g/mol. The lowest BCUT2D eigenvalue weighted by Crippen LogP contribution is -2.08. The molecule has 0 amide bonds. The maximum atomic E-state index is 8.39. The standard InChI is InChI=1S/C8H15NO2/c1-8(11-7-5-9)4-2-3-6-10/h2-3,5,8-10H,4,6-7H2,1H3/b3-2+,9-5?/t8-/m0/s1. The highest BCUT2D eigenvalue weighted by Crippen LogP contribution is 1.96. The molecule has 0 radical (unpaired) electrons. The Labute approximate surface area is 67.2 Å². The zero-order valence-corrected chi connectivity index (χ0v) is 6.79. The van der Waals surface area contributed by atoms with Crippen LogP contribution in [0.3, 0.4) is 0 Å². The Kier molecular flexibility index (Phi) is 6.98. The minimum Gasteiger partial charge on any atom is -0.392 e. The fraction of sp³-hybridized carbons (Fsp3) is 0.625. The Morgan fingerprint density at radius 2 is 2.27 bits per heavy atom. The molecule has 3 heteroatoms. The van der Waals surface area contributed by atoms with Crippen LogP contribution < -0.4 is 0 Å². The van der Waals surface area contributed by atoms with Gasteiger partial charge in [-0.2, -0.15) is 0 Å². The average Bonchev–Trinajstić information content (AvgIpc) is 2.01. The van der Waals surface area contributed by atoms with Gasteiger partial charge < -0.3 is 15.3 Å². The smallest absolute Gasteiger partial charge is 0.0815 e. The molecule has 1 atom stereocenters. The molecule has 3 nitrogen and oxygen atoms in total. The highest BCUT2D eigenvalue weighted by atomic mass is 16.5. The molecular weight excluding hydrogens is 142 g/mol. The number of nitrogens with one attached hydrogen (secondary N) is 1. The van der Waals surface area contributed by atoms with E-state index in [0.717, 1.165) is 6.42 Å². The van der Waals surface area contributed by atoms with Crippen molar-refractivity contribution in [2.75, 3.05) is 13.2 Å². The van der Waals surface area contributed by atoms with Gasteiger partial charge in [0.25, 0.3) is 0 Å². The van der Waals surface area contributed by atoms with Crippen LogP contribution >= 0.6 is 0 Å². The van der Waals surface area contributed by atoms with Crippen LogP contribution in [-0.4, -0.2) is 30.6 Å². The minimum atomic E-state index is 0.0806. The van der Waals surface area contributed by atoms with Gasteiger partial charge in [-0.1, -0.05) is 12.2 Å². The first kappa shape index (κ1) is 10.3. The molecule has 64 valence electrons. The van der Waals surface area contributed by atoms with Crippen LogP contribution in [0.2, 0.25) is 0 Å². The normalized spacial score (nSPS) is 13.6. The SMILES string of the molecule is C[C@@H](C/C=C/CO)OCC=N. The molecule has 0 aromatic heterocycles. The first-order valence-corrected chi connectivity index (χ1v) is 3.67. The summed E-state index contributed by atoms with van der Waals surface area (Å²) in [4.78, 5) is 0. The van der Waals surface area contributed by atoms with Crippen LogP contribution in [0.5, 0.6) is 0 Å². The number of hydrogen-bond donors (Lipinski definition) is 2. The van der Waals surface area contributed by atoms with E-state index < -0.39 is 0 Å². The zero-order chi connectivity index (χ0) is 8.53. The van der Waals surface area contributed by atoms with Crippen molar-refractivity contribution in [3.05, 3.63) is 12.2 Å². The molecule has 0 spiro atoms. The number of ether oxygens (including phenoxy) is 1. The summed E-state index contributed by atoms with van der Waals surface area (Å²) in [5, 5.41) is 15.1. The molecule has 0 aliphatic heterocycles. The first-order valence-electron chi connectivity index (χ1n) is 3.67. The van der Waals surface area contributed by atoms with Gasteiger partial charge in [0.2, 0.25) is 0 Å². The van der Waals surface area contributed by atoms with Crippen molar-refractivity contribution in [2.24, 2.45) is 0 Å². The molecule has 0 fully saturated rings.